The van der Waals surface area contributed by atoms with Crippen molar-refractivity contribution >= 4 is 21.8 Å². The number of hydrogen-bond acceptors (Lipinski definition) is 3. The highest BCUT2D eigenvalue weighted by Crippen LogP contribution is 2.20. The first-order chi connectivity index (χ1) is 9.72. The molecule has 20 heavy (non-hydrogen) atoms. The maximum absolute atomic E-state index is 12.2. The van der Waals surface area contributed by atoms with Gasteiger partial charge in [0.05, 0.1) is 13.1 Å². The van der Waals surface area contributed by atoms with E-state index in [0.717, 1.165) is 10.2 Å². The van der Waals surface area contributed by atoms with Crippen molar-refractivity contribution < 1.29 is 9.53 Å². The monoisotopic (exact) mass is 332 g/mol. The Morgan fingerprint density at radius 2 is 2.00 bits per heavy atom. The largest absolute Gasteiger partial charge is 0.487 e. The standard InChI is InChI=1S/C15H13BrN2O2/c16-12-3-1-2-11(8-12)15(19)18-9-14(10-18)20-13-4-6-17-7-5-13/h1-8,14H,9-10H2. The van der Waals surface area contributed by atoms with Gasteiger partial charge in [-0.1, -0.05) is 22.0 Å². The smallest absolute Gasteiger partial charge is 0.254 e. The van der Waals surface area contributed by atoms with E-state index < -0.39 is 0 Å². The van der Waals surface area contributed by atoms with Crippen LogP contribution in [0.15, 0.2) is 53.3 Å². The van der Waals surface area contributed by atoms with Crippen LogP contribution >= 0.6 is 15.9 Å². The molecule has 2 heterocycles. The Bertz CT molecular complexity index is 612. The third kappa shape index (κ3) is 2.82. The SMILES string of the molecule is O=C(c1cccc(Br)c1)N1CC(Oc2ccncc2)C1. The highest BCUT2D eigenvalue weighted by atomic mass is 79.9. The van der Waals surface area contributed by atoms with Gasteiger partial charge < -0.3 is 9.64 Å². The lowest BCUT2D eigenvalue weighted by Crippen LogP contribution is -2.56. The summed E-state index contributed by atoms with van der Waals surface area (Å²) in [5.41, 5.74) is 0.696. The molecule has 0 unspecified atom stereocenters. The Balaban J connectivity index is 1.56. The van der Waals surface area contributed by atoms with Crippen molar-refractivity contribution in [2.24, 2.45) is 0 Å². The lowest BCUT2D eigenvalue weighted by atomic mass is 10.1. The van der Waals surface area contributed by atoms with Crippen LogP contribution in [0.2, 0.25) is 0 Å². The van der Waals surface area contributed by atoms with Crippen molar-refractivity contribution in [2.45, 2.75) is 6.10 Å². The highest BCUT2D eigenvalue weighted by molar-refractivity contribution is 9.10. The normalized spacial score (nSPS) is 14.8. The van der Waals surface area contributed by atoms with E-state index in [1.54, 1.807) is 17.3 Å². The first-order valence-corrected chi connectivity index (χ1v) is 7.13. The van der Waals surface area contributed by atoms with Gasteiger partial charge in [0.15, 0.2) is 0 Å². The molecule has 0 atom stereocenters. The summed E-state index contributed by atoms with van der Waals surface area (Å²) in [5, 5.41) is 0. The van der Waals surface area contributed by atoms with E-state index in [-0.39, 0.29) is 12.0 Å². The van der Waals surface area contributed by atoms with Crippen molar-refractivity contribution in [3.8, 4) is 5.75 Å². The Kier molecular flexibility index (Phi) is 3.69. The Morgan fingerprint density at radius 3 is 2.70 bits per heavy atom. The second-order valence-electron chi connectivity index (χ2n) is 4.64. The van der Waals surface area contributed by atoms with Gasteiger partial charge in [0, 0.05) is 22.4 Å². The van der Waals surface area contributed by atoms with Crippen molar-refractivity contribution in [3.63, 3.8) is 0 Å². The summed E-state index contributed by atoms with van der Waals surface area (Å²) < 4.78 is 6.66. The fraction of sp³-hybridized carbons (Fsp3) is 0.200. The van der Waals surface area contributed by atoms with Crippen molar-refractivity contribution in [1.29, 1.82) is 0 Å². The van der Waals surface area contributed by atoms with E-state index in [9.17, 15) is 4.79 Å². The van der Waals surface area contributed by atoms with Gasteiger partial charge >= 0.3 is 0 Å². The number of nitrogens with zero attached hydrogens (tertiary/aromatic N) is 2. The average molecular weight is 333 g/mol. The third-order valence-electron chi connectivity index (χ3n) is 3.16. The molecule has 1 aromatic carbocycles. The lowest BCUT2D eigenvalue weighted by molar-refractivity contribution is 0.0177. The molecule has 1 saturated heterocycles. The quantitative estimate of drug-likeness (QED) is 0.867. The molecule has 1 aliphatic heterocycles. The van der Waals surface area contributed by atoms with Gasteiger partial charge in [-0.2, -0.15) is 0 Å². The Hall–Kier alpha value is -1.88. The average Bonchev–Trinajstić information content (AvgIpc) is 2.43. The minimum atomic E-state index is 0.0425. The second-order valence-corrected chi connectivity index (χ2v) is 5.56. The number of hydrogen-bond donors (Lipinski definition) is 0. The molecule has 1 amide bonds. The van der Waals surface area contributed by atoms with Crippen LogP contribution < -0.4 is 4.74 Å². The summed E-state index contributed by atoms with van der Waals surface area (Å²) in [7, 11) is 0. The van der Waals surface area contributed by atoms with Gasteiger partial charge in [-0.05, 0) is 30.3 Å². The molecule has 1 aromatic heterocycles. The zero-order chi connectivity index (χ0) is 13.9. The van der Waals surface area contributed by atoms with E-state index in [1.807, 2.05) is 36.4 Å². The molecule has 3 rings (SSSR count). The molecule has 0 saturated carbocycles. The molecule has 2 aromatic rings. The first kappa shape index (κ1) is 13.1. The number of aromatic nitrogens is 1. The molecule has 1 fully saturated rings. The zero-order valence-electron chi connectivity index (χ0n) is 10.7. The fourth-order valence-corrected chi connectivity index (χ4v) is 2.49. The van der Waals surface area contributed by atoms with Crippen LogP contribution in [-0.4, -0.2) is 35.0 Å². The number of likely N-dealkylation sites (tertiary alicyclic amines) is 1. The predicted molar refractivity (Wildman–Crippen MR) is 78.7 cm³/mol. The van der Waals surface area contributed by atoms with E-state index in [1.165, 1.54) is 0 Å². The molecule has 1 aliphatic rings. The maximum atomic E-state index is 12.2. The number of pyridine rings is 1. The van der Waals surface area contributed by atoms with Gasteiger partial charge in [-0.3, -0.25) is 9.78 Å². The summed E-state index contributed by atoms with van der Waals surface area (Å²) >= 11 is 3.37. The second kappa shape index (κ2) is 5.63. The number of amides is 1. The molecular formula is C15H13BrN2O2. The number of benzene rings is 1. The summed E-state index contributed by atoms with van der Waals surface area (Å²) in [6.45, 7) is 1.24. The third-order valence-corrected chi connectivity index (χ3v) is 3.65. The minimum Gasteiger partial charge on any atom is -0.487 e. The van der Waals surface area contributed by atoms with Crippen LogP contribution in [0.3, 0.4) is 0 Å². The molecule has 0 aliphatic carbocycles. The van der Waals surface area contributed by atoms with Crippen LogP contribution in [0.25, 0.3) is 0 Å². The minimum absolute atomic E-state index is 0.0425. The van der Waals surface area contributed by atoms with E-state index in [4.69, 9.17) is 4.74 Å². The van der Waals surface area contributed by atoms with E-state index in [0.29, 0.717) is 18.7 Å². The maximum Gasteiger partial charge on any atom is 0.254 e. The Morgan fingerprint density at radius 1 is 1.25 bits per heavy atom. The lowest BCUT2D eigenvalue weighted by Gasteiger charge is -2.39. The molecule has 4 nitrogen and oxygen atoms in total. The summed E-state index contributed by atoms with van der Waals surface area (Å²) in [6.07, 6.45) is 3.45. The van der Waals surface area contributed by atoms with Gasteiger partial charge in [0.25, 0.3) is 5.91 Å². The summed E-state index contributed by atoms with van der Waals surface area (Å²) in [5.74, 6) is 0.834. The van der Waals surface area contributed by atoms with Crippen LogP contribution in [0.5, 0.6) is 5.75 Å². The first-order valence-electron chi connectivity index (χ1n) is 6.34. The van der Waals surface area contributed by atoms with Gasteiger partial charge in [0.1, 0.15) is 11.9 Å². The number of halogens is 1. The zero-order valence-corrected chi connectivity index (χ0v) is 12.3. The molecule has 0 radical (unpaired) electrons. The highest BCUT2D eigenvalue weighted by Gasteiger charge is 2.32. The van der Waals surface area contributed by atoms with Crippen molar-refractivity contribution in [3.05, 3.63) is 58.8 Å². The molecule has 5 heteroatoms. The summed E-state index contributed by atoms with van der Waals surface area (Å²) in [4.78, 5) is 17.9. The molecule has 102 valence electrons. The van der Waals surface area contributed by atoms with Crippen LogP contribution in [0.1, 0.15) is 10.4 Å². The number of ether oxygens (including phenoxy) is 1. The number of carbonyl (C=O) groups is 1. The van der Waals surface area contributed by atoms with E-state index >= 15 is 0 Å². The van der Waals surface area contributed by atoms with Crippen LogP contribution in [0, 0.1) is 0 Å². The number of rotatable bonds is 3. The van der Waals surface area contributed by atoms with Crippen LogP contribution in [0.4, 0.5) is 0 Å². The molecular weight excluding hydrogens is 320 g/mol. The molecule has 0 bridgehead atoms. The molecule has 0 spiro atoms. The topological polar surface area (TPSA) is 42.4 Å². The van der Waals surface area contributed by atoms with Crippen LogP contribution in [-0.2, 0) is 0 Å². The number of carbonyl (C=O) groups excluding carboxylic acids is 1. The summed E-state index contributed by atoms with van der Waals surface area (Å²) in [6, 6.07) is 11.1. The van der Waals surface area contributed by atoms with Gasteiger partial charge in [0.2, 0.25) is 0 Å². The van der Waals surface area contributed by atoms with Gasteiger partial charge in [-0.15, -0.1) is 0 Å². The fourth-order valence-electron chi connectivity index (χ4n) is 2.09. The van der Waals surface area contributed by atoms with Crippen molar-refractivity contribution in [1.82, 2.24) is 9.88 Å². The van der Waals surface area contributed by atoms with E-state index in [2.05, 4.69) is 20.9 Å². The predicted octanol–water partition coefficient (Wildman–Crippen LogP) is 2.75. The van der Waals surface area contributed by atoms with Gasteiger partial charge in [-0.25, -0.2) is 0 Å². The van der Waals surface area contributed by atoms with Crippen molar-refractivity contribution in [2.75, 3.05) is 13.1 Å². The molecule has 0 N–H and O–H groups in total. The Labute approximate surface area is 125 Å².